The first-order chi connectivity index (χ1) is 46.4. The number of ether oxygens (including phenoxy) is 6. The topological polar surface area (TPSA) is 187 Å². The Morgan fingerprint density at radius 3 is 1.48 bits per heavy atom. The summed E-state index contributed by atoms with van der Waals surface area (Å²) in [6.45, 7) is 21.7. The van der Waals surface area contributed by atoms with Crippen molar-refractivity contribution in [2.75, 3.05) is 140 Å². The van der Waals surface area contributed by atoms with Gasteiger partial charge >= 0.3 is 30.5 Å². The van der Waals surface area contributed by atoms with Gasteiger partial charge in [0.15, 0.2) is 0 Å². The van der Waals surface area contributed by atoms with Crippen molar-refractivity contribution >= 4 is 53.4 Å². The highest BCUT2D eigenvalue weighted by molar-refractivity contribution is 6.08. The number of carbonyl (C=O) groups is 6. The fourth-order valence-corrected chi connectivity index (χ4v) is 17.9. The average Bonchev–Trinajstić information content (AvgIpc) is 1.60. The molecule has 8 saturated heterocycles. The molecule has 526 valence electrons. The van der Waals surface area contributed by atoms with Gasteiger partial charge in [-0.25, -0.2) is 32.8 Å². The van der Waals surface area contributed by atoms with Crippen molar-refractivity contribution in [3.63, 3.8) is 0 Å². The predicted molar refractivity (Wildman–Crippen MR) is 361 cm³/mol. The summed E-state index contributed by atoms with van der Waals surface area (Å²) in [5.74, 6) is -0.0191. The predicted octanol–water partition coefficient (Wildman–Crippen LogP) is 11.3. The van der Waals surface area contributed by atoms with Crippen LogP contribution in [-0.4, -0.2) is 227 Å². The van der Waals surface area contributed by atoms with Crippen molar-refractivity contribution in [3.8, 4) is 0 Å². The van der Waals surface area contributed by atoms with E-state index < -0.39 is 0 Å². The summed E-state index contributed by atoms with van der Waals surface area (Å²) in [6.07, 6.45) is 12.4. The molecule has 14 rings (SSSR count). The van der Waals surface area contributed by atoms with E-state index in [2.05, 4.69) is 26.8 Å². The number of hydrogen-bond donors (Lipinski definition) is 0. The quantitative estimate of drug-likeness (QED) is 0.184. The number of nitrogens with zero attached hydrogens (tertiary/aromatic N) is 9. The van der Waals surface area contributed by atoms with Gasteiger partial charge in [0.25, 0.3) is 0 Å². The van der Waals surface area contributed by atoms with E-state index in [-0.39, 0.29) is 89.8 Å². The number of hydrogen-bond acceptors (Lipinski definition) is 15. The molecule has 2 bridgehead atoms. The van der Waals surface area contributed by atoms with Crippen molar-refractivity contribution in [3.05, 3.63) is 89.0 Å². The van der Waals surface area contributed by atoms with Crippen LogP contribution in [0.2, 0.25) is 0 Å². The normalized spacial score (nSPS) is 25.3. The van der Waals surface area contributed by atoms with E-state index in [1.807, 2.05) is 68.5 Å². The van der Waals surface area contributed by atoms with Crippen LogP contribution in [0.15, 0.2) is 60.7 Å². The summed E-state index contributed by atoms with van der Waals surface area (Å²) in [7, 11) is 1.90. The Hall–Kier alpha value is -6.82. The van der Waals surface area contributed by atoms with Gasteiger partial charge in [-0.3, -0.25) is 14.6 Å². The maximum atomic E-state index is 14.4. The highest BCUT2D eigenvalue weighted by Gasteiger charge is 2.54. The van der Waals surface area contributed by atoms with E-state index in [1.54, 1.807) is 39.0 Å². The number of halogens is 2. The summed E-state index contributed by atoms with van der Waals surface area (Å²) in [4.78, 5) is 93.7. The number of para-hydroxylation sites is 1. The van der Waals surface area contributed by atoms with Gasteiger partial charge < -0.3 is 62.7 Å². The summed E-state index contributed by atoms with van der Waals surface area (Å²) >= 11 is 0. The lowest BCUT2D eigenvalue weighted by atomic mass is 9.73. The molecular weight excluding hydrogens is 1230 g/mol. The van der Waals surface area contributed by atoms with Crippen molar-refractivity contribution in [1.82, 2.24) is 29.4 Å². The number of fused-ring (bicyclic) bond motifs is 8. The molecule has 11 aliphatic heterocycles. The first-order valence-corrected chi connectivity index (χ1v) is 35.9. The summed E-state index contributed by atoms with van der Waals surface area (Å²) in [5, 5.41) is 0. The van der Waals surface area contributed by atoms with Crippen molar-refractivity contribution < 1.29 is 67.4 Å². The molecule has 8 fully saturated rings. The van der Waals surface area contributed by atoms with Crippen molar-refractivity contribution in [2.24, 2.45) is 5.92 Å². The molecule has 0 N–H and O–H groups in total. The minimum absolute atomic E-state index is 0. The number of carbonyl (C=O) groups excluding carboxylic acids is 6. The molecule has 3 aromatic carbocycles. The smallest absolute Gasteiger partial charge is 0.414 e. The number of amides is 6. The molecular formula is C73H103F2N9O12. The molecule has 3 spiro atoms. The van der Waals surface area contributed by atoms with Gasteiger partial charge in [0.05, 0.1) is 56.4 Å². The standard InChI is InChI=1S/C27H36FN3O5.C25H36FN3O4.C21H29N3O3.H2/c1-2-35-26(33)31-19-4-5-20(31)15-21(14-19)29-10-8-27(9-11-29)17-30(24-6-3-18(28)13-23(24)27)25(32)36-22-7-12-34-16-22;1-4-32-23(30)28-11-7-20(8-12-28)27-13-9-25(10-14-27)17-29(24(31)33-16-18(2)3)22-6-5-19(26)15-21(22)25;1-3-27-20(26)24-12-8-16(9-13-24)23-14-10-21(11-15-23)17-6-4-5-7-18(17)22(2)19(21)25;/h3,6,13,19-22H,2,4-5,7-12,14-17H2,1H3;5-6,15,18,20H,4,7-14,16-17H2,1-3H3;4-7,16H,3,8-15H2,1-2H3;1H/t19?,20?,21?,22-;;;/m1.../s1. The highest BCUT2D eigenvalue weighted by Crippen LogP contribution is 2.52. The second kappa shape index (κ2) is 29.7. The largest absolute Gasteiger partial charge is 0.450 e. The first kappa shape index (κ1) is 69.1. The maximum Gasteiger partial charge on any atom is 0.414 e. The van der Waals surface area contributed by atoms with Crippen molar-refractivity contribution in [1.29, 1.82) is 0 Å². The van der Waals surface area contributed by atoms with Crippen LogP contribution in [-0.2, 0) is 49.5 Å². The van der Waals surface area contributed by atoms with Gasteiger partial charge in [0.1, 0.15) is 17.7 Å². The molecule has 0 saturated carbocycles. The van der Waals surface area contributed by atoms with Gasteiger partial charge in [-0.1, -0.05) is 32.0 Å². The third kappa shape index (κ3) is 14.1. The maximum absolute atomic E-state index is 14.4. The Balaban J connectivity index is 0.000000148. The fraction of sp³-hybridized carbons (Fsp3) is 0.671. The molecule has 0 aromatic heterocycles. The SMILES string of the molecule is CCOC(=O)N1C2CCC1CC(N1CCC3(CC1)CN(C(=O)O[C@@H]1CCOC1)c1ccc(F)cc13)C2.CCOC(=O)N1CCC(N2CCC3(CC2)C(=O)N(C)c2ccccc23)CC1.CCOC(=O)N1CCC(N2CCC3(CC2)CN(C(=O)OCC(C)C)c2ccc(F)cc23)CC1.[HH]. The van der Waals surface area contributed by atoms with E-state index in [0.29, 0.717) is 90.4 Å². The fourth-order valence-electron chi connectivity index (χ4n) is 17.9. The first-order valence-electron chi connectivity index (χ1n) is 35.9. The lowest BCUT2D eigenvalue weighted by Gasteiger charge is -2.47. The molecule has 3 atom stereocenters. The van der Waals surface area contributed by atoms with Crippen LogP contribution in [0.25, 0.3) is 0 Å². The molecule has 21 nitrogen and oxygen atoms in total. The van der Waals surface area contributed by atoms with Crippen LogP contribution >= 0.6 is 0 Å². The van der Waals surface area contributed by atoms with E-state index in [9.17, 15) is 37.5 Å². The Bertz CT molecular complexity index is 3250. The summed E-state index contributed by atoms with van der Waals surface area (Å²) in [6, 6.07) is 19.7. The third-order valence-corrected chi connectivity index (χ3v) is 23.1. The van der Waals surface area contributed by atoms with Gasteiger partial charge in [0, 0.05) is 101 Å². The second-order valence-electron chi connectivity index (χ2n) is 28.9. The number of anilines is 3. The van der Waals surface area contributed by atoms with Crippen LogP contribution < -0.4 is 14.7 Å². The lowest BCUT2D eigenvalue weighted by molar-refractivity contribution is -0.125. The van der Waals surface area contributed by atoms with E-state index in [4.69, 9.17) is 28.4 Å². The molecule has 0 radical (unpaired) electrons. The third-order valence-electron chi connectivity index (χ3n) is 23.1. The monoisotopic (exact) mass is 1340 g/mol. The van der Waals surface area contributed by atoms with Crippen LogP contribution in [0.3, 0.4) is 0 Å². The van der Waals surface area contributed by atoms with Crippen LogP contribution in [0.5, 0.6) is 0 Å². The lowest BCUT2D eigenvalue weighted by Crippen LogP contribution is -2.55. The Morgan fingerprint density at radius 1 is 0.531 bits per heavy atom. The van der Waals surface area contributed by atoms with Crippen LogP contribution in [0.4, 0.5) is 49.8 Å². The molecule has 0 aliphatic carbocycles. The number of likely N-dealkylation sites (N-methyl/N-ethyl adjacent to an activating group) is 1. The minimum Gasteiger partial charge on any atom is -0.450 e. The zero-order valence-electron chi connectivity index (χ0n) is 57.3. The zero-order valence-corrected chi connectivity index (χ0v) is 57.3. The average molecular weight is 1340 g/mol. The van der Waals surface area contributed by atoms with E-state index in [1.165, 1.54) is 17.7 Å². The molecule has 11 heterocycles. The van der Waals surface area contributed by atoms with Gasteiger partial charge in [-0.2, -0.15) is 0 Å². The van der Waals surface area contributed by atoms with E-state index in [0.717, 1.165) is 170 Å². The minimum atomic E-state index is -0.361. The van der Waals surface area contributed by atoms with Gasteiger partial charge in [0.2, 0.25) is 5.91 Å². The Kier molecular flexibility index (Phi) is 21.4. The zero-order chi connectivity index (χ0) is 67.5. The van der Waals surface area contributed by atoms with Crippen LogP contribution in [0, 0.1) is 17.6 Å². The van der Waals surface area contributed by atoms with Gasteiger partial charge in [-0.15, -0.1) is 0 Å². The molecule has 6 amide bonds. The number of benzene rings is 3. The molecule has 3 aromatic rings. The van der Waals surface area contributed by atoms with Gasteiger partial charge in [-0.05, 0) is 215 Å². The molecule has 23 heteroatoms. The summed E-state index contributed by atoms with van der Waals surface area (Å²) in [5.41, 5.74) is 4.84. The summed E-state index contributed by atoms with van der Waals surface area (Å²) < 4.78 is 60.7. The Labute approximate surface area is 566 Å². The number of likely N-dealkylation sites (tertiary alicyclic amines) is 5. The second-order valence-corrected chi connectivity index (χ2v) is 28.9. The molecule has 2 unspecified atom stereocenters. The van der Waals surface area contributed by atoms with Crippen molar-refractivity contribution in [2.45, 2.75) is 183 Å². The number of piperidine rings is 6. The highest BCUT2D eigenvalue weighted by atomic mass is 19.1. The van der Waals surface area contributed by atoms with E-state index >= 15 is 0 Å². The molecule has 96 heavy (non-hydrogen) atoms. The van der Waals surface area contributed by atoms with Crippen LogP contribution in [0.1, 0.15) is 149 Å². The number of rotatable bonds is 9. The molecule has 11 aliphatic rings. The Morgan fingerprint density at radius 2 is 1.00 bits per heavy atom.